The summed E-state index contributed by atoms with van der Waals surface area (Å²) in [6.45, 7) is 2.96. The number of ketones is 1. The summed E-state index contributed by atoms with van der Waals surface area (Å²) in [4.78, 5) is 40.6. The largest absolute Gasteiger partial charge is 0.336 e. The van der Waals surface area contributed by atoms with E-state index in [1.54, 1.807) is 6.07 Å². The summed E-state index contributed by atoms with van der Waals surface area (Å²) in [7, 11) is 0. The second-order valence-electron chi connectivity index (χ2n) is 7.28. The minimum atomic E-state index is 0.00809. The third-order valence-corrected chi connectivity index (χ3v) is 5.37. The van der Waals surface area contributed by atoms with Crippen molar-refractivity contribution >= 4 is 23.3 Å². The second-order valence-corrected chi connectivity index (χ2v) is 7.28. The molecule has 0 aromatic heterocycles. The predicted molar refractivity (Wildman–Crippen MR) is 107 cm³/mol. The first kappa shape index (κ1) is 18.4. The number of nitrogens with one attached hydrogen (secondary N) is 1. The van der Waals surface area contributed by atoms with Gasteiger partial charge in [0.1, 0.15) is 0 Å². The van der Waals surface area contributed by atoms with Crippen LogP contribution in [0.5, 0.6) is 0 Å². The summed E-state index contributed by atoms with van der Waals surface area (Å²) < 4.78 is 0. The zero-order valence-electron chi connectivity index (χ0n) is 15.7. The van der Waals surface area contributed by atoms with Crippen LogP contribution in [0.15, 0.2) is 48.5 Å². The molecule has 6 heteroatoms. The van der Waals surface area contributed by atoms with Gasteiger partial charge in [-0.3, -0.25) is 19.3 Å². The molecule has 1 saturated heterocycles. The van der Waals surface area contributed by atoms with Crippen molar-refractivity contribution in [3.63, 3.8) is 0 Å². The number of carbonyl (C=O) groups is 3. The molecule has 6 nitrogen and oxygen atoms in total. The summed E-state index contributed by atoms with van der Waals surface area (Å²) >= 11 is 0. The van der Waals surface area contributed by atoms with Gasteiger partial charge in [0.05, 0.1) is 6.54 Å². The van der Waals surface area contributed by atoms with Gasteiger partial charge >= 0.3 is 0 Å². The molecule has 2 aromatic carbocycles. The van der Waals surface area contributed by atoms with Crippen molar-refractivity contribution in [2.45, 2.75) is 12.8 Å². The van der Waals surface area contributed by atoms with E-state index in [0.717, 1.165) is 16.8 Å². The summed E-state index contributed by atoms with van der Waals surface area (Å²) in [6, 6.07) is 14.8. The number of fused-ring (bicyclic) bond motifs is 1. The fourth-order valence-electron chi connectivity index (χ4n) is 3.73. The fraction of sp³-hybridized carbons (Fsp3) is 0.318. The quantitative estimate of drug-likeness (QED) is 0.830. The van der Waals surface area contributed by atoms with Gasteiger partial charge in [0.2, 0.25) is 5.91 Å². The molecule has 0 saturated carbocycles. The minimum Gasteiger partial charge on any atom is -0.336 e. The van der Waals surface area contributed by atoms with E-state index in [0.29, 0.717) is 51.1 Å². The summed E-state index contributed by atoms with van der Waals surface area (Å²) in [5.74, 6) is 0.138. The van der Waals surface area contributed by atoms with Crippen LogP contribution in [0.3, 0.4) is 0 Å². The van der Waals surface area contributed by atoms with Crippen molar-refractivity contribution in [2.24, 2.45) is 0 Å². The van der Waals surface area contributed by atoms with Gasteiger partial charge in [-0.15, -0.1) is 0 Å². The summed E-state index contributed by atoms with van der Waals surface area (Å²) in [5, 5.41) is 2.84. The molecule has 2 heterocycles. The van der Waals surface area contributed by atoms with Gasteiger partial charge in [-0.2, -0.15) is 0 Å². The molecular formula is C22H23N3O3. The number of piperazine rings is 1. The monoisotopic (exact) mass is 377 g/mol. The summed E-state index contributed by atoms with van der Waals surface area (Å²) in [6.07, 6.45) is 1.12. The second kappa shape index (κ2) is 7.94. The van der Waals surface area contributed by atoms with E-state index in [4.69, 9.17) is 0 Å². The Morgan fingerprint density at radius 2 is 1.64 bits per heavy atom. The normalized spacial score (nSPS) is 17.0. The maximum Gasteiger partial charge on any atom is 0.253 e. The lowest BCUT2D eigenvalue weighted by atomic mass is 10.00. The first-order valence-corrected chi connectivity index (χ1v) is 9.63. The van der Waals surface area contributed by atoms with Crippen molar-refractivity contribution in [2.75, 3.05) is 38.0 Å². The molecule has 2 amide bonds. The molecule has 0 atom stereocenters. The van der Waals surface area contributed by atoms with Crippen molar-refractivity contribution in [1.82, 2.24) is 9.80 Å². The van der Waals surface area contributed by atoms with E-state index >= 15 is 0 Å². The van der Waals surface area contributed by atoms with Crippen LogP contribution in [0.4, 0.5) is 5.69 Å². The predicted octanol–water partition coefficient (Wildman–Crippen LogP) is 2.21. The number of anilines is 1. The molecule has 1 fully saturated rings. The van der Waals surface area contributed by atoms with E-state index in [1.807, 2.05) is 47.4 Å². The molecule has 0 bridgehead atoms. The zero-order chi connectivity index (χ0) is 19.5. The minimum absolute atomic E-state index is 0.00809. The van der Waals surface area contributed by atoms with Gasteiger partial charge in [-0.05, 0) is 30.2 Å². The molecule has 0 spiro atoms. The number of hydrogen-bond donors (Lipinski definition) is 1. The average molecular weight is 377 g/mol. The highest BCUT2D eigenvalue weighted by Gasteiger charge is 2.24. The Morgan fingerprint density at radius 1 is 0.893 bits per heavy atom. The van der Waals surface area contributed by atoms with Gasteiger partial charge in [-0.25, -0.2) is 0 Å². The molecule has 1 N–H and O–H groups in total. The Kier molecular flexibility index (Phi) is 5.21. The third kappa shape index (κ3) is 3.97. The average Bonchev–Trinajstić information content (AvgIpc) is 2.74. The fourth-order valence-corrected chi connectivity index (χ4v) is 3.73. The van der Waals surface area contributed by atoms with Gasteiger partial charge in [0, 0.05) is 49.4 Å². The number of nitrogens with zero attached hydrogens (tertiary/aromatic N) is 2. The van der Waals surface area contributed by atoms with Crippen LogP contribution in [-0.4, -0.2) is 60.1 Å². The first-order valence-electron chi connectivity index (χ1n) is 9.63. The number of Topliss-reactive ketones (excluding diaryl/α,β-unsaturated/α-hetero) is 1. The topological polar surface area (TPSA) is 69.7 Å². The van der Waals surface area contributed by atoms with E-state index in [9.17, 15) is 14.4 Å². The number of rotatable bonds is 4. The van der Waals surface area contributed by atoms with Crippen LogP contribution in [0.25, 0.3) is 0 Å². The molecule has 2 aliphatic heterocycles. The maximum atomic E-state index is 12.9. The molecule has 144 valence electrons. The first-order chi connectivity index (χ1) is 13.6. The van der Waals surface area contributed by atoms with E-state index in [2.05, 4.69) is 10.2 Å². The smallest absolute Gasteiger partial charge is 0.253 e. The molecule has 4 rings (SSSR count). The van der Waals surface area contributed by atoms with Crippen LogP contribution in [0.2, 0.25) is 0 Å². The number of amides is 2. The van der Waals surface area contributed by atoms with Crippen molar-refractivity contribution < 1.29 is 14.4 Å². The standard InChI is InChI=1S/C22H23N3O3/c26-20(16-4-2-1-3-5-16)15-24-10-12-25(13-11-24)22(28)18-6-8-19-17(14-18)7-9-21(27)23-19/h1-6,8,14H,7,9-13,15H2,(H,23,27). The van der Waals surface area contributed by atoms with Gasteiger partial charge in [0.25, 0.3) is 5.91 Å². The lowest BCUT2D eigenvalue weighted by molar-refractivity contribution is -0.116. The highest BCUT2D eigenvalue weighted by Crippen LogP contribution is 2.24. The molecule has 28 heavy (non-hydrogen) atoms. The summed E-state index contributed by atoms with van der Waals surface area (Å²) in [5.41, 5.74) is 3.19. The lowest BCUT2D eigenvalue weighted by Gasteiger charge is -2.34. The molecule has 0 radical (unpaired) electrons. The molecule has 2 aliphatic rings. The Balaban J connectivity index is 1.34. The number of benzene rings is 2. The SMILES string of the molecule is O=C1CCc2cc(C(=O)N3CCN(CC(=O)c4ccccc4)CC3)ccc2N1. The highest BCUT2D eigenvalue weighted by atomic mass is 16.2. The van der Waals surface area contributed by atoms with Crippen LogP contribution in [0.1, 0.15) is 32.7 Å². The molecule has 0 unspecified atom stereocenters. The van der Waals surface area contributed by atoms with Crippen molar-refractivity contribution in [1.29, 1.82) is 0 Å². The Hall–Kier alpha value is -2.99. The van der Waals surface area contributed by atoms with Crippen LogP contribution < -0.4 is 5.32 Å². The van der Waals surface area contributed by atoms with Gasteiger partial charge in [0.15, 0.2) is 5.78 Å². The molecule has 0 aliphatic carbocycles. The number of aryl methyl sites for hydroxylation is 1. The Labute approximate surface area is 164 Å². The third-order valence-electron chi connectivity index (χ3n) is 5.37. The lowest BCUT2D eigenvalue weighted by Crippen LogP contribution is -2.49. The number of carbonyl (C=O) groups excluding carboxylic acids is 3. The molecular weight excluding hydrogens is 354 g/mol. The van der Waals surface area contributed by atoms with Crippen LogP contribution in [-0.2, 0) is 11.2 Å². The zero-order valence-corrected chi connectivity index (χ0v) is 15.7. The Bertz CT molecular complexity index is 902. The number of hydrogen-bond acceptors (Lipinski definition) is 4. The van der Waals surface area contributed by atoms with Crippen molar-refractivity contribution in [3.8, 4) is 0 Å². The van der Waals surface area contributed by atoms with Crippen molar-refractivity contribution in [3.05, 3.63) is 65.2 Å². The van der Waals surface area contributed by atoms with E-state index in [1.165, 1.54) is 0 Å². The maximum absolute atomic E-state index is 12.9. The highest BCUT2D eigenvalue weighted by molar-refractivity contribution is 5.98. The molecule has 2 aromatic rings. The van der Waals surface area contributed by atoms with Gasteiger partial charge < -0.3 is 10.2 Å². The van der Waals surface area contributed by atoms with Crippen LogP contribution >= 0.6 is 0 Å². The Morgan fingerprint density at radius 3 is 2.39 bits per heavy atom. The van der Waals surface area contributed by atoms with E-state index < -0.39 is 0 Å². The van der Waals surface area contributed by atoms with Crippen LogP contribution in [0, 0.1) is 0 Å². The van der Waals surface area contributed by atoms with E-state index in [-0.39, 0.29) is 17.6 Å². The van der Waals surface area contributed by atoms with Gasteiger partial charge in [-0.1, -0.05) is 30.3 Å².